The minimum absolute atomic E-state index is 0.0740. The Morgan fingerprint density at radius 1 is 1.07 bits per heavy atom. The molecule has 140 valence electrons. The maximum Gasteiger partial charge on any atom is 0.238 e. The second kappa shape index (κ2) is 6.38. The molecule has 5 heteroatoms. The topological polar surface area (TPSA) is 50.3 Å². The summed E-state index contributed by atoms with van der Waals surface area (Å²) in [5.74, 6) is -0.500. The van der Waals surface area contributed by atoms with E-state index in [2.05, 4.69) is 25.1 Å². The summed E-state index contributed by atoms with van der Waals surface area (Å²) in [5, 5.41) is 0.942. The van der Waals surface area contributed by atoms with E-state index in [0.29, 0.717) is 12.1 Å². The van der Waals surface area contributed by atoms with Crippen molar-refractivity contribution < 1.29 is 9.59 Å². The Labute approximate surface area is 167 Å². The molecule has 28 heavy (non-hydrogen) atoms. The Morgan fingerprint density at radius 3 is 2.61 bits per heavy atom. The lowest BCUT2D eigenvalue weighted by Crippen LogP contribution is -2.31. The van der Waals surface area contributed by atoms with E-state index in [0.717, 1.165) is 20.8 Å². The second-order valence-electron chi connectivity index (χ2n) is 7.70. The van der Waals surface area contributed by atoms with Crippen LogP contribution in [0.4, 0.5) is 5.69 Å². The number of benzene rings is 2. The third kappa shape index (κ3) is 2.61. The van der Waals surface area contributed by atoms with E-state index in [1.807, 2.05) is 43.3 Å². The van der Waals surface area contributed by atoms with Crippen molar-refractivity contribution in [3.63, 3.8) is 0 Å². The van der Waals surface area contributed by atoms with Crippen molar-refractivity contribution in [1.29, 1.82) is 0 Å². The van der Waals surface area contributed by atoms with E-state index in [1.165, 1.54) is 10.5 Å². The summed E-state index contributed by atoms with van der Waals surface area (Å²) >= 11 is 1.65. The number of anilines is 1. The maximum atomic E-state index is 12.9. The molecule has 2 aromatic carbocycles. The molecule has 1 aromatic heterocycles. The number of imide groups is 1. The quantitative estimate of drug-likeness (QED) is 0.460. The summed E-state index contributed by atoms with van der Waals surface area (Å²) < 4.78 is 1.15. The van der Waals surface area contributed by atoms with Crippen LogP contribution in [0.1, 0.15) is 18.9 Å². The van der Waals surface area contributed by atoms with Gasteiger partial charge in [-0.15, -0.1) is 11.3 Å². The van der Waals surface area contributed by atoms with Gasteiger partial charge in [0.15, 0.2) is 0 Å². The molecule has 3 aromatic rings. The van der Waals surface area contributed by atoms with Crippen LogP contribution >= 0.6 is 11.3 Å². The number of allylic oxidation sites excluding steroid dienone is 2. The highest BCUT2D eigenvalue weighted by Gasteiger charge is 2.50. The molecule has 4 nitrogen and oxygen atoms in total. The van der Waals surface area contributed by atoms with Crippen LogP contribution < -0.4 is 4.90 Å². The molecule has 3 atom stereocenters. The predicted octanol–water partition coefficient (Wildman–Crippen LogP) is 4.97. The fourth-order valence-electron chi connectivity index (χ4n) is 4.32. The number of fused-ring (bicyclic) bond motifs is 2. The lowest BCUT2D eigenvalue weighted by molar-refractivity contribution is -0.122. The first-order valence-electron chi connectivity index (χ1n) is 9.55. The number of hydrogen-bond donors (Lipinski definition) is 0. The van der Waals surface area contributed by atoms with Gasteiger partial charge in [-0.1, -0.05) is 25.1 Å². The van der Waals surface area contributed by atoms with Crippen molar-refractivity contribution >= 4 is 39.1 Å². The number of carbonyl (C=O) groups is 2. The normalized spacial score (nSPS) is 24.2. The van der Waals surface area contributed by atoms with Crippen LogP contribution in [0, 0.1) is 24.7 Å². The SMILES string of the molecule is Cc1ccc2sc(-c3ccc(N4C(=O)C5CC=CC(C)C5C4=O)cc3)nc2c1. The molecule has 3 unspecified atom stereocenters. The first kappa shape index (κ1) is 17.3. The van der Waals surface area contributed by atoms with Gasteiger partial charge >= 0.3 is 0 Å². The molecule has 1 fully saturated rings. The monoisotopic (exact) mass is 388 g/mol. The summed E-state index contributed by atoms with van der Waals surface area (Å²) in [6.45, 7) is 4.07. The zero-order chi connectivity index (χ0) is 19.4. The van der Waals surface area contributed by atoms with Crippen molar-refractivity contribution in [3.8, 4) is 10.6 Å². The van der Waals surface area contributed by atoms with Crippen LogP contribution in [0.15, 0.2) is 54.6 Å². The Bertz CT molecular complexity index is 1130. The van der Waals surface area contributed by atoms with Crippen molar-refractivity contribution in [1.82, 2.24) is 4.98 Å². The number of aryl methyl sites for hydroxylation is 1. The molecule has 2 heterocycles. The Kier molecular flexibility index (Phi) is 3.95. The van der Waals surface area contributed by atoms with E-state index in [9.17, 15) is 9.59 Å². The van der Waals surface area contributed by atoms with Crippen LogP contribution in [0.5, 0.6) is 0 Å². The van der Waals surface area contributed by atoms with Gasteiger partial charge in [0.05, 0.1) is 27.7 Å². The molecule has 0 N–H and O–H groups in total. The van der Waals surface area contributed by atoms with Gasteiger partial charge in [-0.05, 0) is 61.2 Å². The van der Waals surface area contributed by atoms with E-state index in [-0.39, 0.29) is 29.6 Å². The van der Waals surface area contributed by atoms with Gasteiger partial charge in [0.1, 0.15) is 5.01 Å². The van der Waals surface area contributed by atoms with Crippen molar-refractivity contribution in [2.45, 2.75) is 20.3 Å². The van der Waals surface area contributed by atoms with Gasteiger partial charge in [-0.2, -0.15) is 0 Å². The van der Waals surface area contributed by atoms with E-state index in [4.69, 9.17) is 4.98 Å². The van der Waals surface area contributed by atoms with Crippen LogP contribution in [-0.4, -0.2) is 16.8 Å². The number of rotatable bonds is 2. The Hall–Kier alpha value is -2.79. The van der Waals surface area contributed by atoms with E-state index < -0.39 is 0 Å². The fraction of sp³-hybridized carbons (Fsp3) is 0.261. The molecule has 1 aliphatic carbocycles. The van der Waals surface area contributed by atoms with Gasteiger partial charge in [-0.3, -0.25) is 14.5 Å². The summed E-state index contributed by atoms with van der Waals surface area (Å²) in [6.07, 6.45) is 4.73. The summed E-state index contributed by atoms with van der Waals surface area (Å²) in [5.41, 5.74) is 3.84. The lowest BCUT2D eigenvalue weighted by atomic mass is 9.78. The molecule has 1 saturated heterocycles. The van der Waals surface area contributed by atoms with Gasteiger partial charge < -0.3 is 0 Å². The standard InChI is InChI=1S/C23H20N2O2S/c1-13-6-11-19-18(12-13)24-21(28-19)15-7-9-16(10-8-15)25-22(26)17-5-3-4-14(2)20(17)23(25)27/h3-4,6-12,14,17,20H,5H2,1-2H3. The number of carbonyl (C=O) groups excluding carboxylic acids is 2. The molecule has 0 spiro atoms. The lowest BCUT2D eigenvalue weighted by Gasteiger charge is -2.22. The number of aromatic nitrogens is 1. The maximum absolute atomic E-state index is 12.9. The van der Waals surface area contributed by atoms with Crippen molar-refractivity contribution in [3.05, 3.63) is 60.2 Å². The van der Waals surface area contributed by atoms with Crippen LogP contribution in [0.25, 0.3) is 20.8 Å². The largest absolute Gasteiger partial charge is 0.274 e. The molecule has 2 aliphatic rings. The van der Waals surface area contributed by atoms with E-state index >= 15 is 0 Å². The third-order valence-electron chi connectivity index (χ3n) is 5.79. The molecular weight excluding hydrogens is 368 g/mol. The minimum Gasteiger partial charge on any atom is -0.274 e. The highest BCUT2D eigenvalue weighted by Crippen LogP contribution is 2.41. The summed E-state index contributed by atoms with van der Waals surface area (Å²) in [4.78, 5) is 31.9. The van der Waals surface area contributed by atoms with Gasteiger partial charge in [0.2, 0.25) is 11.8 Å². The molecule has 0 bridgehead atoms. The average Bonchev–Trinajstić information content (AvgIpc) is 3.21. The van der Waals surface area contributed by atoms with E-state index in [1.54, 1.807) is 11.3 Å². The Balaban J connectivity index is 1.46. The minimum atomic E-state index is -0.232. The number of hydrogen-bond acceptors (Lipinski definition) is 4. The first-order valence-corrected chi connectivity index (χ1v) is 10.4. The predicted molar refractivity (Wildman–Crippen MR) is 112 cm³/mol. The molecule has 1 aliphatic heterocycles. The van der Waals surface area contributed by atoms with Crippen molar-refractivity contribution in [2.75, 3.05) is 4.90 Å². The van der Waals surface area contributed by atoms with Crippen LogP contribution in [0.2, 0.25) is 0 Å². The third-order valence-corrected chi connectivity index (χ3v) is 6.87. The highest BCUT2D eigenvalue weighted by molar-refractivity contribution is 7.21. The van der Waals surface area contributed by atoms with Gasteiger partial charge in [0.25, 0.3) is 0 Å². The molecular formula is C23H20N2O2S. The van der Waals surface area contributed by atoms with Crippen LogP contribution in [-0.2, 0) is 9.59 Å². The van der Waals surface area contributed by atoms with Gasteiger partial charge in [0, 0.05) is 5.56 Å². The fourth-order valence-corrected chi connectivity index (χ4v) is 5.27. The average molecular weight is 388 g/mol. The zero-order valence-electron chi connectivity index (χ0n) is 15.8. The molecule has 5 rings (SSSR count). The number of thiazole rings is 1. The Morgan fingerprint density at radius 2 is 1.86 bits per heavy atom. The van der Waals surface area contributed by atoms with Crippen LogP contribution in [0.3, 0.4) is 0 Å². The van der Waals surface area contributed by atoms with Gasteiger partial charge in [-0.25, -0.2) is 4.98 Å². The molecule has 2 amide bonds. The number of nitrogens with zero attached hydrogens (tertiary/aromatic N) is 2. The van der Waals surface area contributed by atoms with Crippen molar-refractivity contribution in [2.24, 2.45) is 17.8 Å². The number of amides is 2. The molecule has 0 radical (unpaired) electrons. The summed E-state index contributed by atoms with van der Waals surface area (Å²) in [7, 11) is 0. The zero-order valence-corrected chi connectivity index (χ0v) is 16.6. The first-order chi connectivity index (χ1) is 13.5. The highest BCUT2D eigenvalue weighted by atomic mass is 32.1. The summed E-state index contributed by atoms with van der Waals surface area (Å²) in [6, 6.07) is 13.9. The second-order valence-corrected chi connectivity index (χ2v) is 8.73. The molecule has 0 saturated carbocycles. The smallest absolute Gasteiger partial charge is 0.238 e.